The first-order valence-corrected chi connectivity index (χ1v) is 3.72. The summed E-state index contributed by atoms with van der Waals surface area (Å²) >= 11 is 0. The van der Waals surface area contributed by atoms with E-state index in [-0.39, 0.29) is 0 Å². The van der Waals surface area contributed by atoms with Gasteiger partial charge in [0.15, 0.2) is 6.29 Å². The average molecular weight is 171 g/mol. The molecule has 0 aliphatic carbocycles. The summed E-state index contributed by atoms with van der Waals surface area (Å²) in [6.07, 6.45) is 1.17. The maximum Gasteiger partial charge on any atom is 0.188 e. The zero-order valence-corrected chi connectivity index (χ0v) is 7.20. The first kappa shape index (κ1) is 9.02. The second-order valence-electron chi connectivity index (χ2n) is 2.26. The molecule has 0 aliphatic heterocycles. The van der Waals surface area contributed by atoms with E-state index in [2.05, 4.69) is 10.2 Å². The number of nitrogens with zero attached hydrogens (tertiary/aromatic N) is 1. The van der Waals surface area contributed by atoms with Crippen molar-refractivity contribution >= 4 is 5.82 Å². The summed E-state index contributed by atoms with van der Waals surface area (Å²) in [6.45, 7) is 2.46. The smallest absolute Gasteiger partial charge is 0.188 e. The topological polar surface area (TPSA) is 73.2 Å². The molecule has 0 fully saturated rings. The molecule has 0 amide bonds. The van der Waals surface area contributed by atoms with Gasteiger partial charge >= 0.3 is 0 Å². The molecule has 1 atom stereocenters. The number of aromatic amines is 1. The van der Waals surface area contributed by atoms with Gasteiger partial charge in [-0.3, -0.25) is 5.10 Å². The minimum Gasteiger partial charge on any atom is -0.384 e. The molecule has 12 heavy (non-hydrogen) atoms. The van der Waals surface area contributed by atoms with E-state index < -0.39 is 6.29 Å². The number of ether oxygens (including phenoxy) is 2. The van der Waals surface area contributed by atoms with Crippen molar-refractivity contribution in [1.82, 2.24) is 10.2 Å². The minimum atomic E-state index is -0.422. The zero-order chi connectivity index (χ0) is 8.97. The number of aromatic nitrogens is 2. The molecule has 1 aromatic heterocycles. The second-order valence-corrected chi connectivity index (χ2v) is 2.26. The fourth-order valence-electron chi connectivity index (χ4n) is 0.929. The Balaban J connectivity index is 2.72. The highest BCUT2D eigenvalue weighted by atomic mass is 16.7. The van der Waals surface area contributed by atoms with Crippen molar-refractivity contribution in [3.05, 3.63) is 11.8 Å². The second kappa shape index (κ2) is 4.08. The summed E-state index contributed by atoms with van der Waals surface area (Å²) in [7, 11) is 1.56. The molecule has 0 spiro atoms. The van der Waals surface area contributed by atoms with Crippen molar-refractivity contribution < 1.29 is 9.47 Å². The predicted octanol–water partition coefficient (Wildman–Crippen LogP) is 0.673. The number of hydrogen-bond donors (Lipinski definition) is 2. The first-order valence-electron chi connectivity index (χ1n) is 3.72. The SMILES string of the molecule is CCOC(OC)c1cn[nH]c1N. The lowest BCUT2D eigenvalue weighted by atomic mass is 10.3. The van der Waals surface area contributed by atoms with Crippen molar-refractivity contribution in [2.24, 2.45) is 0 Å². The van der Waals surface area contributed by atoms with Gasteiger partial charge in [-0.05, 0) is 6.92 Å². The van der Waals surface area contributed by atoms with E-state index in [9.17, 15) is 0 Å². The molecule has 0 radical (unpaired) electrons. The number of rotatable bonds is 4. The van der Waals surface area contributed by atoms with E-state index in [4.69, 9.17) is 15.2 Å². The Morgan fingerprint density at radius 2 is 2.50 bits per heavy atom. The number of nitrogens with two attached hydrogens (primary N) is 1. The van der Waals surface area contributed by atoms with Gasteiger partial charge in [-0.1, -0.05) is 0 Å². The molecule has 0 bridgehead atoms. The fraction of sp³-hybridized carbons (Fsp3) is 0.571. The van der Waals surface area contributed by atoms with Crippen LogP contribution in [-0.2, 0) is 9.47 Å². The number of anilines is 1. The van der Waals surface area contributed by atoms with E-state index in [0.717, 1.165) is 5.56 Å². The third-order valence-corrected chi connectivity index (χ3v) is 1.49. The van der Waals surface area contributed by atoms with Crippen LogP contribution >= 0.6 is 0 Å². The van der Waals surface area contributed by atoms with Crippen LogP contribution in [0.5, 0.6) is 0 Å². The number of nitrogen functional groups attached to an aromatic ring is 1. The van der Waals surface area contributed by atoms with Gasteiger partial charge in [-0.15, -0.1) is 0 Å². The van der Waals surface area contributed by atoms with E-state index in [1.54, 1.807) is 13.3 Å². The van der Waals surface area contributed by atoms with Crippen molar-refractivity contribution in [3.63, 3.8) is 0 Å². The zero-order valence-electron chi connectivity index (χ0n) is 7.20. The Morgan fingerprint density at radius 3 is 2.92 bits per heavy atom. The van der Waals surface area contributed by atoms with Crippen LogP contribution < -0.4 is 5.73 Å². The molecular formula is C7H13N3O2. The van der Waals surface area contributed by atoms with Crippen LogP contribution in [-0.4, -0.2) is 23.9 Å². The van der Waals surface area contributed by atoms with Gasteiger partial charge in [0.25, 0.3) is 0 Å². The monoisotopic (exact) mass is 171 g/mol. The summed E-state index contributed by atoms with van der Waals surface area (Å²) in [5.74, 6) is 0.482. The maximum absolute atomic E-state index is 5.57. The fourth-order valence-corrected chi connectivity index (χ4v) is 0.929. The van der Waals surface area contributed by atoms with Crippen molar-refractivity contribution in [2.75, 3.05) is 19.5 Å². The molecule has 68 valence electrons. The quantitative estimate of drug-likeness (QED) is 0.653. The van der Waals surface area contributed by atoms with E-state index in [0.29, 0.717) is 12.4 Å². The molecule has 1 heterocycles. The highest BCUT2D eigenvalue weighted by molar-refractivity contribution is 5.37. The molecule has 1 aromatic rings. The van der Waals surface area contributed by atoms with Crippen molar-refractivity contribution in [1.29, 1.82) is 0 Å². The number of H-pyrrole nitrogens is 1. The van der Waals surface area contributed by atoms with Gasteiger partial charge < -0.3 is 15.2 Å². The number of nitrogens with one attached hydrogen (secondary N) is 1. The van der Waals surface area contributed by atoms with Crippen LogP contribution in [0.4, 0.5) is 5.82 Å². The van der Waals surface area contributed by atoms with Crippen molar-refractivity contribution in [2.45, 2.75) is 13.2 Å². The van der Waals surface area contributed by atoms with E-state index in [1.807, 2.05) is 6.92 Å². The molecule has 5 nitrogen and oxygen atoms in total. The third kappa shape index (κ3) is 1.75. The van der Waals surface area contributed by atoms with Crippen LogP contribution in [0.2, 0.25) is 0 Å². The highest BCUT2D eigenvalue weighted by Gasteiger charge is 2.14. The van der Waals surface area contributed by atoms with Gasteiger partial charge in [0, 0.05) is 13.7 Å². The van der Waals surface area contributed by atoms with E-state index >= 15 is 0 Å². The summed E-state index contributed by atoms with van der Waals surface area (Å²) < 4.78 is 10.3. The lowest BCUT2D eigenvalue weighted by Gasteiger charge is -2.13. The standard InChI is InChI=1S/C7H13N3O2/c1-3-12-7(11-2)5-4-9-10-6(5)8/h4,7H,3H2,1-2H3,(H3,8,9,10). The van der Waals surface area contributed by atoms with Crippen molar-refractivity contribution in [3.8, 4) is 0 Å². The lowest BCUT2D eigenvalue weighted by Crippen LogP contribution is -2.07. The summed E-state index contributed by atoms with van der Waals surface area (Å²) in [5, 5.41) is 6.37. The number of hydrogen-bond acceptors (Lipinski definition) is 4. The normalized spacial score (nSPS) is 13.2. The summed E-state index contributed by atoms with van der Waals surface area (Å²) in [4.78, 5) is 0. The van der Waals surface area contributed by atoms with Crippen LogP contribution in [0.3, 0.4) is 0 Å². The van der Waals surface area contributed by atoms with Crippen LogP contribution in [0.15, 0.2) is 6.20 Å². The third-order valence-electron chi connectivity index (χ3n) is 1.49. The van der Waals surface area contributed by atoms with Gasteiger partial charge in [0.1, 0.15) is 5.82 Å². The molecule has 0 saturated heterocycles. The van der Waals surface area contributed by atoms with Gasteiger partial charge in [-0.2, -0.15) is 5.10 Å². The van der Waals surface area contributed by atoms with Crippen LogP contribution in [0.1, 0.15) is 18.8 Å². The Bertz CT molecular complexity index is 236. The maximum atomic E-state index is 5.57. The minimum absolute atomic E-state index is 0.422. The predicted molar refractivity (Wildman–Crippen MR) is 44.4 cm³/mol. The molecule has 0 saturated carbocycles. The number of methoxy groups -OCH3 is 1. The van der Waals surface area contributed by atoms with Crippen LogP contribution in [0.25, 0.3) is 0 Å². The first-order chi connectivity index (χ1) is 5.79. The van der Waals surface area contributed by atoms with Gasteiger partial charge in [0.05, 0.1) is 11.8 Å². The average Bonchev–Trinajstić information content (AvgIpc) is 2.47. The van der Waals surface area contributed by atoms with Gasteiger partial charge in [-0.25, -0.2) is 0 Å². The Morgan fingerprint density at radius 1 is 1.75 bits per heavy atom. The molecule has 0 aromatic carbocycles. The summed E-state index contributed by atoms with van der Waals surface area (Å²) in [6, 6.07) is 0. The highest BCUT2D eigenvalue weighted by Crippen LogP contribution is 2.21. The van der Waals surface area contributed by atoms with E-state index in [1.165, 1.54) is 0 Å². The molecule has 5 heteroatoms. The molecule has 3 N–H and O–H groups in total. The molecule has 1 rings (SSSR count). The largest absolute Gasteiger partial charge is 0.384 e. The molecular weight excluding hydrogens is 158 g/mol. The molecule has 1 unspecified atom stereocenters. The Labute approximate surface area is 70.9 Å². The molecule has 0 aliphatic rings. The summed E-state index contributed by atoms with van der Waals surface area (Å²) in [5.41, 5.74) is 6.30. The lowest BCUT2D eigenvalue weighted by molar-refractivity contribution is -0.123. The Kier molecular flexibility index (Phi) is 3.07. The van der Waals surface area contributed by atoms with Gasteiger partial charge in [0.2, 0.25) is 0 Å². The Hall–Kier alpha value is -1.07. The van der Waals surface area contributed by atoms with Crippen LogP contribution in [0, 0.1) is 0 Å².